The summed E-state index contributed by atoms with van der Waals surface area (Å²) in [6.45, 7) is 5.73. The Kier molecular flexibility index (Phi) is 5.68. The van der Waals surface area contributed by atoms with Crippen LogP contribution in [0, 0.1) is 18.8 Å². The number of benzene rings is 1. The highest BCUT2D eigenvalue weighted by Crippen LogP contribution is 2.34. The molecule has 0 spiro atoms. The zero-order valence-electron chi connectivity index (χ0n) is 14.0. The minimum Gasteiger partial charge on any atom is -0.373 e. The van der Waals surface area contributed by atoms with E-state index in [0.29, 0.717) is 5.92 Å². The molecule has 4 heteroatoms. The van der Waals surface area contributed by atoms with Crippen LogP contribution in [0.3, 0.4) is 0 Å². The van der Waals surface area contributed by atoms with Gasteiger partial charge in [-0.15, -0.1) is 0 Å². The minimum atomic E-state index is -0.103. The van der Waals surface area contributed by atoms with Gasteiger partial charge >= 0.3 is 0 Å². The second-order valence-electron chi connectivity index (χ2n) is 6.91. The first-order chi connectivity index (χ1) is 11.2. The molecule has 2 aliphatic heterocycles. The van der Waals surface area contributed by atoms with Crippen LogP contribution in [0.25, 0.3) is 0 Å². The molecule has 0 saturated carbocycles. The van der Waals surface area contributed by atoms with Crippen molar-refractivity contribution in [3.05, 3.63) is 35.4 Å². The zero-order chi connectivity index (χ0) is 16.1. The van der Waals surface area contributed by atoms with Gasteiger partial charge in [0, 0.05) is 13.2 Å². The lowest BCUT2D eigenvalue weighted by Crippen LogP contribution is -2.42. The molecule has 2 N–H and O–H groups in total. The number of aryl methyl sites for hydroxylation is 1. The van der Waals surface area contributed by atoms with Crippen LogP contribution in [0.5, 0.6) is 0 Å². The summed E-state index contributed by atoms with van der Waals surface area (Å²) in [6.07, 6.45) is 4.18. The van der Waals surface area contributed by atoms with Crippen molar-refractivity contribution in [2.24, 2.45) is 11.8 Å². The maximum absolute atomic E-state index is 12.7. The Labute approximate surface area is 139 Å². The third-order valence-corrected chi connectivity index (χ3v) is 5.03. The van der Waals surface area contributed by atoms with E-state index in [-0.39, 0.29) is 17.9 Å². The molecule has 2 fully saturated rings. The van der Waals surface area contributed by atoms with E-state index in [1.807, 2.05) is 0 Å². The summed E-state index contributed by atoms with van der Waals surface area (Å²) in [5.41, 5.74) is 2.35. The summed E-state index contributed by atoms with van der Waals surface area (Å²) in [6, 6.07) is 8.37. The molecule has 3 rings (SSSR count). The quantitative estimate of drug-likeness (QED) is 0.897. The molecule has 1 aromatic carbocycles. The van der Waals surface area contributed by atoms with Gasteiger partial charge < -0.3 is 15.4 Å². The summed E-state index contributed by atoms with van der Waals surface area (Å²) in [7, 11) is 0. The Balaban J connectivity index is 1.60. The Bertz CT molecular complexity index is 509. The van der Waals surface area contributed by atoms with Crippen molar-refractivity contribution >= 4 is 5.91 Å². The van der Waals surface area contributed by atoms with Crippen molar-refractivity contribution in [1.82, 2.24) is 10.6 Å². The molecule has 3 unspecified atom stereocenters. The van der Waals surface area contributed by atoms with Crippen molar-refractivity contribution in [1.29, 1.82) is 0 Å². The van der Waals surface area contributed by atoms with Gasteiger partial charge in [-0.3, -0.25) is 4.79 Å². The largest absolute Gasteiger partial charge is 0.373 e. The Morgan fingerprint density at radius 1 is 1.26 bits per heavy atom. The van der Waals surface area contributed by atoms with Crippen LogP contribution in [-0.4, -0.2) is 32.1 Å². The van der Waals surface area contributed by atoms with Crippen LogP contribution >= 0.6 is 0 Å². The van der Waals surface area contributed by atoms with Crippen molar-refractivity contribution in [3.63, 3.8) is 0 Å². The van der Waals surface area contributed by atoms with Crippen molar-refractivity contribution in [2.45, 2.75) is 38.7 Å². The SMILES string of the molecule is Cc1ccc(C2OCCCC2C(=O)NCC2CCCNC2)cc1. The second kappa shape index (κ2) is 7.93. The first kappa shape index (κ1) is 16.5. The number of piperidine rings is 1. The van der Waals surface area contributed by atoms with E-state index < -0.39 is 0 Å². The Morgan fingerprint density at radius 2 is 2.09 bits per heavy atom. The average Bonchev–Trinajstić information content (AvgIpc) is 2.61. The number of carbonyl (C=O) groups excluding carboxylic acids is 1. The lowest BCUT2D eigenvalue weighted by Gasteiger charge is -2.32. The fourth-order valence-electron chi connectivity index (χ4n) is 3.61. The molecule has 23 heavy (non-hydrogen) atoms. The summed E-state index contributed by atoms with van der Waals surface area (Å²) in [4.78, 5) is 12.7. The molecule has 4 nitrogen and oxygen atoms in total. The van der Waals surface area contributed by atoms with E-state index in [1.54, 1.807) is 0 Å². The number of hydrogen-bond donors (Lipinski definition) is 2. The number of amides is 1. The van der Waals surface area contributed by atoms with Gasteiger partial charge in [0.2, 0.25) is 5.91 Å². The van der Waals surface area contributed by atoms with Crippen LogP contribution in [0.1, 0.15) is 42.9 Å². The van der Waals surface area contributed by atoms with Crippen LogP contribution in [-0.2, 0) is 9.53 Å². The van der Waals surface area contributed by atoms with E-state index >= 15 is 0 Å². The molecule has 0 aliphatic carbocycles. The van der Waals surface area contributed by atoms with Crippen LogP contribution < -0.4 is 10.6 Å². The summed E-state index contributed by atoms with van der Waals surface area (Å²) in [5, 5.41) is 6.58. The summed E-state index contributed by atoms with van der Waals surface area (Å²) in [5.74, 6) is 0.652. The number of nitrogens with one attached hydrogen (secondary N) is 2. The maximum Gasteiger partial charge on any atom is 0.226 e. The summed E-state index contributed by atoms with van der Waals surface area (Å²) >= 11 is 0. The van der Waals surface area contributed by atoms with Crippen molar-refractivity contribution in [3.8, 4) is 0 Å². The minimum absolute atomic E-state index is 0.0667. The highest BCUT2D eigenvalue weighted by atomic mass is 16.5. The highest BCUT2D eigenvalue weighted by molar-refractivity contribution is 5.79. The van der Waals surface area contributed by atoms with Crippen molar-refractivity contribution < 1.29 is 9.53 Å². The molecular weight excluding hydrogens is 288 g/mol. The number of ether oxygens (including phenoxy) is 1. The van der Waals surface area contributed by atoms with Gasteiger partial charge in [0.05, 0.1) is 12.0 Å². The first-order valence-corrected chi connectivity index (χ1v) is 8.90. The lowest BCUT2D eigenvalue weighted by molar-refractivity contribution is -0.134. The average molecular weight is 316 g/mol. The normalized spacial score (nSPS) is 28.3. The third kappa shape index (κ3) is 4.33. The standard InChI is InChI=1S/C19H28N2O2/c1-14-6-8-16(9-7-14)18-17(5-3-11-23-18)19(22)21-13-15-4-2-10-20-12-15/h6-9,15,17-18,20H,2-5,10-13H2,1H3,(H,21,22). The fourth-order valence-corrected chi connectivity index (χ4v) is 3.61. The smallest absolute Gasteiger partial charge is 0.226 e. The highest BCUT2D eigenvalue weighted by Gasteiger charge is 2.33. The predicted molar refractivity (Wildman–Crippen MR) is 91.2 cm³/mol. The van der Waals surface area contributed by atoms with E-state index in [1.165, 1.54) is 18.4 Å². The van der Waals surface area contributed by atoms with Crippen LogP contribution in [0.15, 0.2) is 24.3 Å². The molecule has 0 aromatic heterocycles. The second-order valence-corrected chi connectivity index (χ2v) is 6.91. The first-order valence-electron chi connectivity index (χ1n) is 8.90. The third-order valence-electron chi connectivity index (χ3n) is 5.03. The van der Waals surface area contributed by atoms with Gasteiger partial charge in [0.1, 0.15) is 0 Å². The molecule has 1 amide bonds. The van der Waals surface area contributed by atoms with E-state index in [4.69, 9.17) is 4.74 Å². The molecule has 2 aliphatic rings. The van der Waals surface area contributed by atoms with Gasteiger partial charge in [-0.2, -0.15) is 0 Å². The van der Waals surface area contributed by atoms with Crippen LogP contribution in [0.2, 0.25) is 0 Å². The summed E-state index contributed by atoms with van der Waals surface area (Å²) < 4.78 is 5.96. The number of rotatable bonds is 4. The topological polar surface area (TPSA) is 50.4 Å². The van der Waals surface area contributed by atoms with E-state index in [0.717, 1.165) is 44.6 Å². The monoisotopic (exact) mass is 316 g/mol. The Morgan fingerprint density at radius 3 is 2.83 bits per heavy atom. The molecule has 1 aromatic rings. The predicted octanol–water partition coefficient (Wildman–Crippen LogP) is 2.58. The molecule has 2 heterocycles. The van der Waals surface area contributed by atoms with Gasteiger partial charge in [0.25, 0.3) is 0 Å². The van der Waals surface area contributed by atoms with Gasteiger partial charge in [-0.25, -0.2) is 0 Å². The van der Waals surface area contributed by atoms with Gasteiger partial charge in [-0.05, 0) is 57.2 Å². The Hall–Kier alpha value is -1.39. The molecule has 3 atom stereocenters. The maximum atomic E-state index is 12.7. The molecule has 0 radical (unpaired) electrons. The number of carbonyl (C=O) groups is 1. The number of hydrogen-bond acceptors (Lipinski definition) is 3. The van der Waals surface area contributed by atoms with Crippen LogP contribution in [0.4, 0.5) is 0 Å². The fraction of sp³-hybridized carbons (Fsp3) is 0.632. The zero-order valence-corrected chi connectivity index (χ0v) is 14.0. The molecule has 2 saturated heterocycles. The molecule has 0 bridgehead atoms. The van der Waals surface area contributed by atoms with Gasteiger partial charge in [0.15, 0.2) is 0 Å². The van der Waals surface area contributed by atoms with Gasteiger partial charge in [-0.1, -0.05) is 29.8 Å². The van der Waals surface area contributed by atoms with E-state index in [9.17, 15) is 4.79 Å². The molecule has 126 valence electrons. The van der Waals surface area contributed by atoms with Crippen molar-refractivity contribution in [2.75, 3.05) is 26.2 Å². The lowest BCUT2D eigenvalue weighted by atomic mass is 9.88. The molecular formula is C19H28N2O2. The van der Waals surface area contributed by atoms with E-state index in [2.05, 4.69) is 41.8 Å².